The quantitative estimate of drug-likeness (QED) is 0.0302. The van der Waals surface area contributed by atoms with Crippen LogP contribution in [0.25, 0.3) is 67.0 Å². The van der Waals surface area contributed by atoms with Crippen molar-refractivity contribution in [3.05, 3.63) is 289 Å². The van der Waals surface area contributed by atoms with Gasteiger partial charge >= 0.3 is 34.1 Å². The number of benzene rings is 5. The van der Waals surface area contributed by atoms with Crippen LogP contribution in [0.5, 0.6) is 11.5 Å². The molecule has 0 saturated carbocycles. The van der Waals surface area contributed by atoms with Crippen LogP contribution in [0, 0.1) is 27.7 Å². The maximum atomic E-state index is 12.3. The van der Waals surface area contributed by atoms with Gasteiger partial charge in [-0.25, -0.2) is 58.7 Å². The predicted molar refractivity (Wildman–Crippen MR) is 557 cm³/mol. The van der Waals surface area contributed by atoms with Gasteiger partial charge in [-0.05, 0) is 99.5 Å². The Labute approximate surface area is 853 Å². The van der Waals surface area contributed by atoms with Crippen LogP contribution in [-0.2, 0) is 94.1 Å². The zero-order valence-corrected chi connectivity index (χ0v) is 87.1. The van der Waals surface area contributed by atoms with E-state index in [4.69, 9.17) is 21.1 Å². The highest BCUT2D eigenvalue weighted by molar-refractivity contribution is 8.01. The molecule has 46 nitrogen and oxygen atoms in total. The molecule has 0 spiro atoms. The van der Waals surface area contributed by atoms with Gasteiger partial charge in [-0.15, -0.1) is 0 Å². The molecule has 17 aromatic rings. The summed E-state index contributed by atoms with van der Waals surface area (Å²) in [5.74, 6) is 1.50. The van der Waals surface area contributed by atoms with Crippen LogP contribution < -0.4 is 72.2 Å². The summed E-state index contributed by atoms with van der Waals surface area (Å²) < 4.78 is 24.1. The fourth-order valence-electron chi connectivity index (χ4n) is 14.3. The van der Waals surface area contributed by atoms with Crippen molar-refractivity contribution in [3.63, 3.8) is 0 Å². The second kappa shape index (κ2) is 46.2. The molecule has 1 aliphatic rings. The van der Waals surface area contributed by atoms with E-state index in [2.05, 4.69) is 59.8 Å². The summed E-state index contributed by atoms with van der Waals surface area (Å²) in [7, 11) is 19.3. The molecule has 0 unspecified atom stereocenters. The number of Topliss-reactive ketones (excluding diaryl/α,β-unsaturated/α-hetero) is 5. The highest BCUT2D eigenvalue weighted by Crippen LogP contribution is 2.28. The Kier molecular flexibility index (Phi) is 34.2. The maximum absolute atomic E-state index is 12.3. The Morgan fingerprint density at radius 3 is 0.795 bits per heavy atom. The van der Waals surface area contributed by atoms with Crippen molar-refractivity contribution in [2.24, 2.45) is 84.6 Å². The van der Waals surface area contributed by atoms with Gasteiger partial charge < -0.3 is 49.4 Å². The van der Waals surface area contributed by atoms with Crippen molar-refractivity contribution in [3.8, 4) is 11.5 Å². The van der Waals surface area contributed by atoms with Crippen molar-refractivity contribution in [1.82, 2.24) is 120 Å². The number of fused-ring (bicyclic) bond motifs is 6. The molecule has 0 radical (unpaired) electrons. The topological polar surface area (TPSA) is 580 Å². The summed E-state index contributed by atoms with van der Waals surface area (Å²) in [6, 6.07) is 31.3. The highest BCUT2D eigenvalue weighted by Gasteiger charge is 2.25. The summed E-state index contributed by atoms with van der Waals surface area (Å²) in [6.07, 6.45) is 0. The van der Waals surface area contributed by atoms with Crippen LogP contribution >= 0.6 is 82.2 Å². The van der Waals surface area contributed by atoms with Crippen LogP contribution in [-0.4, -0.2) is 227 Å². The third-order valence-electron chi connectivity index (χ3n) is 23.0. The molecule has 13 heterocycles. The number of H-pyrrole nitrogens is 6. The fraction of sp³-hybridized carbons (Fsp3) is 0.290. The molecule has 18 rings (SSSR count). The van der Waals surface area contributed by atoms with E-state index in [-0.39, 0.29) is 136 Å². The van der Waals surface area contributed by atoms with E-state index >= 15 is 0 Å². The Bertz CT molecular complexity index is 8510. The number of hydrogen-bond donors (Lipinski definition) is 7. The summed E-state index contributed by atoms with van der Waals surface area (Å²) in [5, 5.41) is 12.6. The molecule has 12 aromatic heterocycles. The van der Waals surface area contributed by atoms with Crippen molar-refractivity contribution in [2.75, 3.05) is 67.9 Å². The lowest BCUT2D eigenvalue weighted by atomic mass is 10.1. The van der Waals surface area contributed by atoms with E-state index < -0.39 is 67.5 Å². The first-order valence-corrected chi connectivity index (χ1v) is 50.1. The average Bonchev–Trinajstić information content (AvgIpc) is 1.63. The van der Waals surface area contributed by atoms with Gasteiger partial charge in [0.15, 0.2) is 127 Å². The van der Waals surface area contributed by atoms with Gasteiger partial charge in [0.1, 0.15) is 11.5 Å². The molecule has 762 valence electrons. The number of aromatic amines is 6. The molecule has 1 saturated heterocycles. The number of ether oxygens (including phenoxy) is 2. The SMILES string of the molecule is COc1ccc(C(=O)CSc2nc3c([nH]2)c(=O)n(C)c(=O)n3C)cc1.Cc1cc(C(=O)CSc2nc3c([nH]2)c(=O)n(C)c(=O)n3C)ccc1Cl.Cc1cc(C(=O)CSc2nc3c([nH]2)c(=O)n(C)c(=O)n3C)ccc1O.Cc1ccc(C(=O)CSc2nc3c([nH]2)c(=O)n(C)c(=O)n3C)cc1.Cc1ccc(C(=O)CSc2nc3c([nH]2)c(=O)n(C)c(=O)n3C)cc1.Cn1c(=O)c2[nH]c(SCC(=O)N3CCOCC3)nc2n(C)c1=O. The summed E-state index contributed by atoms with van der Waals surface area (Å²) in [4.78, 5) is 262. The fourth-order valence-corrected chi connectivity index (χ4v) is 18.9. The number of methoxy groups -OCH3 is 1. The Morgan fingerprint density at radius 2 is 0.548 bits per heavy atom. The number of carbonyl (C=O) groups is 6. The van der Waals surface area contributed by atoms with Crippen molar-refractivity contribution in [1.29, 1.82) is 0 Å². The predicted octanol–water partition coefficient (Wildman–Crippen LogP) is 5.19. The molecular formula is C93H96ClN25O21S6. The number of phenols is 1. The zero-order valence-electron chi connectivity index (χ0n) is 81.4. The second-order valence-corrected chi connectivity index (χ2v) is 39.1. The first-order chi connectivity index (χ1) is 69.2. The minimum Gasteiger partial charge on any atom is -0.508 e. The second-order valence-electron chi connectivity index (χ2n) is 32.9. The molecule has 1 amide bonds. The molecule has 146 heavy (non-hydrogen) atoms. The van der Waals surface area contributed by atoms with Gasteiger partial charge in [0.25, 0.3) is 33.4 Å². The summed E-state index contributed by atoms with van der Waals surface area (Å²) >= 11 is 13.1. The molecular weight excluding hydrogens is 2030 g/mol. The van der Waals surface area contributed by atoms with Gasteiger partial charge in [-0.2, -0.15) is 0 Å². The first-order valence-electron chi connectivity index (χ1n) is 43.8. The van der Waals surface area contributed by atoms with Crippen LogP contribution in [0.3, 0.4) is 0 Å². The standard InChI is InChI=1S/C16H15ClN4O3S.2C16H16N4O4S.2C16H16N4O3S.C13H17N5O4S/c1-8-6-9(4-5-10(8)17)11(22)7-25-15-18-12-13(19-15)20(2)16(24)21(3)14(12)23;1-19-13-12(14(22)20(2)16(19)23)17-15(18-13)25-8-11(21)9-4-6-10(24-3)7-5-9;1-8-6-9(4-5-10(8)21)11(22)7-25-15-17-12-13(18-15)19(2)16(24)20(3)14(12)23;2*1-9-4-6-10(7-5-9)11(21)8-24-15-17-12-13(18-15)19(2)16(23)20(3)14(12)22;1-16-10-9(11(20)17(2)13(16)21)14-12(15-10)23-7-8(19)18-3-5-22-6-4-18/h4-6H,7H2,1-3H3,(H,18,19);4-7H,8H2,1-3H3,(H,17,18);4-6,21H,7H2,1-3H3,(H,17,18);2*4-7H,8H2,1-3H3,(H,17,18);3-7H2,1-2H3,(H,14,15). The molecule has 1 fully saturated rings. The largest absolute Gasteiger partial charge is 0.508 e. The number of imidazole rings is 6. The lowest BCUT2D eigenvalue weighted by Crippen LogP contribution is -2.41. The molecule has 7 N–H and O–H groups in total. The average molecular weight is 2130 g/mol. The van der Waals surface area contributed by atoms with Gasteiger partial charge in [0.05, 0.1) is 54.8 Å². The van der Waals surface area contributed by atoms with Crippen LogP contribution in [0.1, 0.15) is 74.0 Å². The number of aryl methyl sites for hydroxylation is 10. The number of nitrogens with one attached hydrogen (secondary N) is 6. The molecule has 0 atom stereocenters. The van der Waals surface area contributed by atoms with Gasteiger partial charge in [-0.1, -0.05) is 142 Å². The number of aromatic hydroxyl groups is 1. The zero-order chi connectivity index (χ0) is 106. The van der Waals surface area contributed by atoms with Crippen LogP contribution in [0.4, 0.5) is 0 Å². The van der Waals surface area contributed by atoms with Gasteiger partial charge in [0, 0.05) is 131 Å². The maximum Gasteiger partial charge on any atom is 0.332 e. The number of amides is 1. The highest BCUT2D eigenvalue weighted by atomic mass is 35.5. The monoisotopic (exact) mass is 2130 g/mol. The third-order valence-corrected chi connectivity index (χ3v) is 28.6. The van der Waals surface area contributed by atoms with E-state index in [1.807, 2.05) is 45.0 Å². The number of phenolic OH excluding ortho intramolecular Hbond substituents is 1. The number of nitrogens with zero attached hydrogens (tertiary/aromatic N) is 19. The molecule has 0 aliphatic carbocycles. The number of morpholine rings is 1. The van der Waals surface area contributed by atoms with Crippen molar-refractivity contribution >= 4 is 184 Å². The summed E-state index contributed by atoms with van der Waals surface area (Å²) in [5.41, 5.74) is 4.32. The van der Waals surface area contributed by atoms with Crippen LogP contribution in [0.2, 0.25) is 5.02 Å². The van der Waals surface area contributed by atoms with E-state index in [1.54, 1.807) is 133 Å². The number of ketones is 5. The normalized spacial score (nSPS) is 11.8. The Hall–Kier alpha value is -15.2. The minimum absolute atomic E-state index is 0.000507. The number of carbonyl (C=O) groups excluding carboxylic acids is 6. The number of thioether (sulfide) groups is 6. The van der Waals surface area contributed by atoms with Crippen molar-refractivity contribution in [2.45, 2.75) is 58.6 Å². The number of rotatable bonds is 24. The van der Waals surface area contributed by atoms with E-state index in [9.17, 15) is 91.4 Å². The lowest BCUT2D eigenvalue weighted by molar-refractivity contribution is -0.132. The number of halogens is 1. The van der Waals surface area contributed by atoms with E-state index in [0.717, 1.165) is 55.9 Å². The first kappa shape index (κ1) is 108. The van der Waals surface area contributed by atoms with Crippen molar-refractivity contribution < 1.29 is 43.3 Å². The molecule has 0 bridgehead atoms. The summed E-state index contributed by atoms with van der Waals surface area (Å²) in [6.45, 7) is 9.77. The van der Waals surface area contributed by atoms with E-state index in [0.29, 0.717) is 107 Å². The lowest BCUT2D eigenvalue weighted by Gasteiger charge is -2.26. The molecule has 1 aliphatic heterocycles. The van der Waals surface area contributed by atoms with Crippen LogP contribution in [0.15, 0.2) is 198 Å². The smallest absolute Gasteiger partial charge is 0.332 e. The number of hydrogen-bond acceptors (Lipinski definition) is 33. The molecule has 53 heteroatoms. The van der Waals surface area contributed by atoms with E-state index in [1.165, 1.54) is 142 Å². The third kappa shape index (κ3) is 23.9. The molecule has 5 aromatic carbocycles. The number of aromatic nitrogens is 24. The van der Waals surface area contributed by atoms with Gasteiger partial charge in [-0.3, -0.25) is 112 Å². The van der Waals surface area contributed by atoms with Gasteiger partial charge in [0.2, 0.25) is 5.91 Å². The Morgan fingerprint density at radius 1 is 0.322 bits per heavy atom. The minimum atomic E-state index is -0.462. The Balaban J connectivity index is 0.000000147.